The van der Waals surface area contributed by atoms with Crippen LogP contribution in [0.15, 0.2) is 34.2 Å². The second kappa shape index (κ2) is 12.4. The van der Waals surface area contributed by atoms with Gasteiger partial charge < -0.3 is 10.6 Å². The predicted octanol–water partition coefficient (Wildman–Crippen LogP) is 5.38. The van der Waals surface area contributed by atoms with Gasteiger partial charge in [0.15, 0.2) is 5.16 Å². The van der Waals surface area contributed by atoms with Crippen LogP contribution in [0.25, 0.3) is 20.3 Å². The Balaban J connectivity index is 1.31. The van der Waals surface area contributed by atoms with E-state index in [1.807, 2.05) is 24.3 Å². The lowest BCUT2D eigenvalue weighted by atomic mass is 9.95. The quantitative estimate of drug-likeness (QED) is 0.281. The van der Waals surface area contributed by atoms with Gasteiger partial charge in [-0.1, -0.05) is 68.5 Å². The zero-order chi connectivity index (χ0) is 25.6. The van der Waals surface area contributed by atoms with Gasteiger partial charge in [-0.25, -0.2) is 4.98 Å². The maximum Gasteiger partial charge on any atom is 0.272 e. The minimum atomic E-state index is -0.0888. The molecule has 2 N–H and O–H groups in total. The molecule has 0 saturated heterocycles. The molecule has 5 rings (SSSR count). The summed E-state index contributed by atoms with van der Waals surface area (Å²) in [5.74, 6) is 0.260. The van der Waals surface area contributed by atoms with Crippen LogP contribution in [-0.2, 0) is 16.1 Å². The van der Waals surface area contributed by atoms with E-state index in [0.717, 1.165) is 48.6 Å². The van der Waals surface area contributed by atoms with Gasteiger partial charge in [-0.3, -0.25) is 19.0 Å². The fourth-order valence-electron chi connectivity index (χ4n) is 5.55. The number of nitrogens with one attached hydrogen (secondary N) is 2. The molecule has 0 spiro atoms. The molecule has 1 aromatic carbocycles. The van der Waals surface area contributed by atoms with Crippen LogP contribution in [0.3, 0.4) is 0 Å². The summed E-state index contributed by atoms with van der Waals surface area (Å²) in [5.41, 5.74) is 0.612. The third kappa shape index (κ3) is 6.55. The van der Waals surface area contributed by atoms with Crippen LogP contribution in [0.5, 0.6) is 0 Å². The maximum atomic E-state index is 13.6. The number of amides is 2. The number of carbonyl (C=O) groups is 2. The summed E-state index contributed by atoms with van der Waals surface area (Å²) in [4.78, 5) is 43.7. The van der Waals surface area contributed by atoms with Gasteiger partial charge in [-0.05, 0) is 38.2 Å². The van der Waals surface area contributed by atoms with Crippen molar-refractivity contribution in [2.45, 2.75) is 101 Å². The summed E-state index contributed by atoms with van der Waals surface area (Å²) < 4.78 is 3.33. The molecule has 37 heavy (non-hydrogen) atoms. The smallest absolute Gasteiger partial charge is 0.272 e. The zero-order valence-corrected chi connectivity index (χ0v) is 22.9. The first-order valence-electron chi connectivity index (χ1n) is 13.7. The van der Waals surface area contributed by atoms with E-state index in [9.17, 15) is 14.4 Å². The van der Waals surface area contributed by atoms with Gasteiger partial charge in [-0.15, -0.1) is 11.3 Å². The highest BCUT2D eigenvalue weighted by molar-refractivity contribution is 7.99. The molecule has 2 heterocycles. The van der Waals surface area contributed by atoms with Crippen molar-refractivity contribution in [1.29, 1.82) is 0 Å². The zero-order valence-electron chi connectivity index (χ0n) is 21.3. The molecule has 2 aromatic heterocycles. The molecule has 0 unspecified atom stereocenters. The number of hydrogen-bond acceptors (Lipinski definition) is 6. The van der Waals surface area contributed by atoms with E-state index in [-0.39, 0.29) is 35.2 Å². The van der Waals surface area contributed by atoms with E-state index in [0.29, 0.717) is 34.8 Å². The van der Waals surface area contributed by atoms with E-state index in [4.69, 9.17) is 4.98 Å². The van der Waals surface area contributed by atoms with Crippen LogP contribution in [0.2, 0.25) is 0 Å². The first-order valence-corrected chi connectivity index (χ1v) is 15.5. The third-order valence-electron chi connectivity index (χ3n) is 7.51. The molecule has 7 nitrogen and oxygen atoms in total. The minimum absolute atomic E-state index is 0.0140. The molecule has 2 aliphatic rings. The standard InChI is InChI=1S/C28H36N4O3S2/c33-23(29-19-10-3-1-4-11-19)16-9-17-32-27(35)26-25(21-14-7-8-15-22(21)37-26)31-28(32)36-18-24(34)30-20-12-5-2-6-13-20/h7-8,14-15,19-20H,1-6,9-13,16-18H2,(H,29,33)(H,30,34). The lowest BCUT2D eigenvalue weighted by Gasteiger charge is -2.23. The molecule has 2 fully saturated rings. The molecule has 2 saturated carbocycles. The number of aromatic nitrogens is 2. The SMILES string of the molecule is O=C(CCCn1c(SCC(=O)NC2CCCCC2)nc2c(sc3ccccc32)c1=O)NC1CCCCC1. The minimum Gasteiger partial charge on any atom is -0.353 e. The Hall–Kier alpha value is -2.39. The molecular formula is C28H36N4O3S2. The Bertz CT molecular complexity index is 1310. The Morgan fingerprint density at radius 3 is 2.30 bits per heavy atom. The molecule has 198 valence electrons. The fraction of sp³-hybridized carbons (Fsp3) is 0.571. The van der Waals surface area contributed by atoms with Gasteiger partial charge in [0.1, 0.15) is 4.70 Å². The topological polar surface area (TPSA) is 93.1 Å². The van der Waals surface area contributed by atoms with E-state index in [1.165, 1.54) is 48.8 Å². The van der Waals surface area contributed by atoms with Gasteiger partial charge in [-0.2, -0.15) is 0 Å². The normalized spacial score (nSPS) is 17.3. The van der Waals surface area contributed by atoms with Gasteiger partial charge in [0.25, 0.3) is 5.56 Å². The Morgan fingerprint density at radius 1 is 0.946 bits per heavy atom. The van der Waals surface area contributed by atoms with Gasteiger partial charge in [0, 0.05) is 35.1 Å². The Kier molecular flexibility index (Phi) is 8.81. The number of thiophene rings is 1. The second-order valence-corrected chi connectivity index (χ2v) is 12.3. The summed E-state index contributed by atoms with van der Waals surface area (Å²) in [6.07, 6.45) is 12.3. The summed E-state index contributed by atoms with van der Waals surface area (Å²) in [6.45, 7) is 0.403. The largest absolute Gasteiger partial charge is 0.353 e. The molecule has 0 atom stereocenters. The Morgan fingerprint density at radius 2 is 1.59 bits per heavy atom. The van der Waals surface area contributed by atoms with E-state index < -0.39 is 0 Å². The summed E-state index contributed by atoms with van der Waals surface area (Å²) >= 11 is 2.77. The highest BCUT2D eigenvalue weighted by Gasteiger charge is 2.20. The predicted molar refractivity (Wildman–Crippen MR) is 151 cm³/mol. The molecule has 3 aromatic rings. The number of rotatable bonds is 9. The van der Waals surface area contributed by atoms with Crippen molar-refractivity contribution >= 4 is 55.2 Å². The molecule has 2 amide bonds. The third-order valence-corrected chi connectivity index (χ3v) is 9.63. The number of carbonyl (C=O) groups excluding carboxylic acids is 2. The molecule has 2 aliphatic carbocycles. The molecular weight excluding hydrogens is 504 g/mol. The van der Waals surface area contributed by atoms with Crippen molar-refractivity contribution in [2.75, 3.05) is 5.75 Å². The summed E-state index contributed by atoms with van der Waals surface area (Å²) in [5, 5.41) is 7.83. The van der Waals surface area contributed by atoms with Crippen molar-refractivity contribution in [2.24, 2.45) is 0 Å². The highest BCUT2D eigenvalue weighted by Crippen LogP contribution is 2.32. The molecule has 0 aliphatic heterocycles. The highest BCUT2D eigenvalue weighted by atomic mass is 32.2. The van der Waals surface area contributed by atoms with Gasteiger partial charge in [0.2, 0.25) is 11.8 Å². The van der Waals surface area contributed by atoms with Crippen LogP contribution >= 0.6 is 23.1 Å². The Labute approximate surface area is 225 Å². The van der Waals surface area contributed by atoms with Crippen molar-refractivity contribution in [3.8, 4) is 0 Å². The first kappa shape index (κ1) is 26.2. The number of nitrogens with zero attached hydrogens (tertiary/aromatic N) is 2. The summed E-state index contributed by atoms with van der Waals surface area (Å²) in [6, 6.07) is 8.46. The van der Waals surface area contributed by atoms with Crippen LogP contribution < -0.4 is 16.2 Å². The lowest BCUT2D eigenvalue weighted by Crippen LogP contribution is -2.37. The summed E-state index contributed by atoms with van der Waals surface area (Å²) in [7, 11) is 0. The van der Waals surface area contributed by atoms with E-state index in [1.54, 1.807) is 4.57 Å². The van der Waals surface area contributed by atoms with Gasteiger partial charge >= 0.3 is 0 Å². The van der Waals surface area contributed by atoms with Crippen molar-refractivity contribution in [1.82, 2.24) is 20.2 Å². The van der Waals surface area contributed by atoms with E-state index in [2.05, 4.69) is 10.6 Å². The number of hydrogen-bond donors (Lipinski definition) is 2. The average Bonchev–Trinajstić information content (AvgIpc) is 3.29. The lowest BCUT2D eigenvalue weighted by molar-refractivity contribution is -0.122. The second-order valence-electron chi connectivity index (χ2n) is 10.3. The first-order chi connectivity index (χ1) is 18.1. The van der Waals surface area contributed by atoms with Gasteiger partial charge in [0.05, 0.1) is 11.3 Å². The van der Waals surface area contributed by atoms with Crippen molar-refractivity contribution < 1.29 is 9.59 Å². The van der Waals surface area contributed by atoms with Crippen LogP contribution in [0, 0.1) is 0 Å². The van der Waals surface area contributed by atoms with E-state index >= 15 is 0 Å². The average molecular weight is 541 g/mol. The van der Waals surface area contributed by atoms with Crippen molar-refractivity contribution in [3.05, 3.63) is 34.6 Å². The number of benzene rings is 1. The number of fused-ring (bicyclic) bond motifs is 3. The monoisotopic (exact) mass is 540 g/mol. The van der Waals surface area contributed by atoms with Crippen LogP contribution in [-0.4, -0.2) is 39.2 Å². The fourth-order valence-corrected chi connectivity index (χ4v) is 7.47. The molecule has 0 bridgehead atoms. The van der Waals surface area contributed by atoms with Crippen molar-refractivity contribution in [3.63, 3.8) is 0 Å². The molecule has 0 radical (unpaired) electrons. The maximum absolute atomic E-state index is 13.6. The van der Waals surface area contributed by atoms with Crippen LogP contribution in [0.1, 0.15) is 77.0 Å². The molecule has 9 heteroatoms. The number of thioether (sulfide) groups is 1. The van der Waals surface area contributed by atoms with Crippen LogP contribution in [0.4, 0.5) is 0 Å².